The van der Waals surface area contributed by atoms with E-state index in [2.05, 4.69) is 4.90 Å². The van der Waals surface area contributed by atoms with Crippen LogP contribution in [0.15, 0.2) is 18.2 Å². The summed E-state index contributed by atoms with van der Waals surface area (Å²) < 4.78 is 13.7. The first-order chi connectivity index (χ1) is 9.10. The van der Waals surface area contributed by atoms with Gasteiger partial charge in [0.25, 0.3) is 0 Å². The fourth-order valence-corrected chi connectivity index (χ4v) is 2.54. The molecule has 0 bridgehead atoms. The molecule has 1 fully saturated rings. The molecule has 1 aliphatic rings. The smallest absolute Gasteiger partial charge is 0.134 e. The molecule has 1 aromatic carbocycles. The number of carbonyl (C=O) groups excluding carboxylic acids is 1. The van der Waals surface area contributed by atoms with Gasteiger partial charge in [-0.2, -0.15) is 5.26 Å². The van der Waals surface area contributed by atoms with Crippen LogP contribution in [-0.4, -0.2) is 23.8 Å². The average Bonchev–Trinajstić information content (AvgIpc) is 2.41. The number of ketones is 1. The van der Waals surface area contributed by atoms with Gasteiger partial charge in [0.2, 0.25) is 0 Å². The quantitative estimate of drug-likeness (QED) is 0.838. The third-order valence-corrected chi connectivity index (χ3v) is 3.65. The third kappa shape index (κ3) is 3.39. The molecule has 0 radical (unpaired) electrons. The third-order valence-electron chi connectivity index (χ3n) is 3.65. The zero-order valence-electron chi connectivity index (χ0n) is 11.0. The summed E-state index contributed by atoms with van der Waals surface area (Å²) in [5.74, 6) is -0.0177. The Morgan fingerprint density at radius 2 is 2.37 bits per heavy atom. The lowest BCUT2D eigenvalue weighted by atomic mass is 9.94. The fraction of sp³-hybridized carbons (Fsp3) is 0.467. The van der Waals surface area contributed by atoms with Crippen LogP contribution in [0.4, 0.5) is 4.39 Å². The molecule has 1 atom stereocenters. The predicted molar refractivity (Wildman–Crippen MR) is 69.8 cm³/mol. The van der Waals surface area contributed by atoms with Crippen LogP contribution in [0.2, 0.25) is 0 Å². The Hall–Kier alpha value is -1.73. The number of hydrogen-bond acceptors (Lipinski definition) is 3. The number of piperidine rings is 1. The summed E-state index contributed by atoms with van der Waals surface area (Å²) in [7, 11) is 0. The first kappa shape index (κ1) is 13.7. The first-order valence-electron chi connectivity index (χ1n) is 6.51. The Balaban J connectivity index is 2.08. The zero-order valence-corrected chi connectivity index (χ0v) is 11.0. The predicted octanol–water partition coefficient (Wildman–Crippen LogP) is 2.50. The molecule has 1 saturated heterocycles. The van der Waals surface area contributed by atoms with E-state index in [1.165, 1.54) is 12.1 Å². The van der Waals surface area contributed by atoms with Crippen molar-refractivity contribution in [1.82, 2.24) is 4.90 Å². The van der Waals surface area contributed by atoms with Gasteiger partial charge in [0.05, 0.1) is 11.6 Å². The molecule has 1 heterocycles. The van der Waals surface area contributed by atoms with Crippen molar-refractivity contribution < 1.29 is 9.18 Å². The number of nitriles is 1. The van der Waals surface area contributed by atoms with Crippen LogP contribution in [-0.2, 0) is 11.3 Å². The lowest BCUT2D eigenvalue weighted by Gasteiger charge is -2.31. The highest BCUT2D eigenvalue weighted by molar-refractivity contribution is 5.78. The lowest BCUT2D eigenvalue weighted by Crippen LogP contribution is -2.37. The van der Waals surface area contributed by atoms with Gasteiger partial charge in [-0.05, 0) is 44.5 Å². The summed E-state index contributed by atoms with van der Waals surface area (Å²) in [6.07, 6.45) is 1.89. The highest BCUT2D eigenvalue weighted by Gasteiger charge is 2.23. The lowest BCUT2D eigenvalue weighted by molar-refractivity contribution is -0.122. The van der Waals surface area contributed by atoms with Gasteiger partial charge < -0.3 is 0 Å². The minimum Gasteiger partial charge on any atom is -0.300 e. The summed E-state index contributed by atoms with van der Waals surface area (Å²) in [4.78, 5) is 13.5. The van der Waals surface area contributed by atoms with Gasteiger partial charge in [-0.15, -0.1) is 0 Å². The van der Waals surface area contributed by atoms with Crippen molar-refractivity contribution in [3.05, 3.63) is 35.1 Å². The minimum atomic E-state index is -0.288. The molecule has 1 unspecified atom stereocenters. The van der Waals surface area contributed by atoms with Gasteiger partial charge >= 0.3 is 0 Å². The van der Waals surface area contributed by atoms with Crippen LogP contribution in [0, 0.1) is 23.1 Å². The van der Waals surface area contributed by atoms with Gasteiger partial charge in [0.15, 0.2) is 0 Å². The van der Waals surface area contributed by atoms with Gasteiger partial charge in [-0.25, -0.2) is 4.39 Å². The molecule has 4 heteroatoms. The normalized spacial score (nSPS) is 19.9. The fourth-order valence-electron chi connectivity index (χ4n) is 2.54. The highest BCUT2D eigenvalue weighted by Crippen LogP contribution is 2.20. The van der Waals surface area contributed by atoms with Gasteiger partial charge in [-0.1, -0.05) is 0 Å². The topological polar surface area (TPSA) is 44.1 Å². The maximum atomic E-state index is 13.7. The second-order valence-corrected chi connectivity index (χ2v) is 5.10. The van der Waals surface area contributed by atoms with Crippen molar-refractivity contribution in [2.24, 2.45) is 5.92 Å². The van der Waals surface area contributed by atoms with E-state index in [1.54, 1.807) is 13.0 Å². The Kier molecular flexibility index (Phi) is 4.28. The van der Waals surface area contributed by atoms with Crippen molar-refractivity contribution in [3.8, 4) is 6.07 Å². The number of benzene rings is 1. The Morgan fingerprint density at radius 3 is 3.05 bits per heavy atom. The average molecular weight is 260 g/mol. The van der Waals surface area contributed by atoms with Crippen LogP contribution in [0.25, 0.3) is 0 Å². The van der Waals surface area contributed by atoms with E-state index in [0.717, 1.165) is 19.4 Å². The van der Waals surface area contributed by atoms with E-state index >= 15 is 0 Å². The van der Waals surface area contributed by atoms with Crippen LogP contribution in [0.5, 0.6) is 0 Å². The van der Waals surface area contributed by atoms with Crippen LogP contribution in [0.1, 0.15) is 30.9 Å². The molecule has 0 N–H and O–H groups in total. The molecule has 1 aromatic rings. The molecule has 3 nitrogen and oxygen atoms in total. The van der Waals surface area contributed by atoms with Gasteiger partial charge in [-0.3, -0.25) is 9.69 Å². The standard InChI is InChI=1S/C15H17FN2O/c1-11(19)13-3-2-6-18(9-13)10-14-7-12(8-17)4-5-15(14)16/h4-5,7,13H,2-3,6,9-10H2,1H3. The largest absolute Gasteiger partial charge is 0.300 e. The summed E-state index contributed by atoms with van der Waals surface area (Å²) in [5.41, 5.74) is 1.000. The molecule has 0 aromatic heterocycles. The van der Waals surface area contributed by atoms with Gasteiger partial charge in [0, 0.05) is 24.6 Å². The number of carbonyl (C=O) groups is 1. The van der Waals surface area contributed by atoms with E-state index in [9.17, 15) is 9.18 Å². The number of hydrogen-bond donors (Lipinski definition) is 0. The van der Waals surface area contributed by atoms with Crippen molar-refractivity contribution in [3.63, 3.8) is 0 Å². The van der Waals surface area contributed by atoms with Crippen LogP contribution in [0.3, 0.4) is 0 Å². The Morgan fingerprint density at radius 1 is 1.58 bits per heavy atom. The van der Waals surface area contributed by atoms with Crippen LogP contribution >= 0.6 is 0 Å². The molecule has 0 saturated carbocycles. The molecule has 100 valence electrons. The van der Waals surface area contributed by atoms with E-state index < -0.39 is 0 Å². The maximum Gasteiger partial charge on any atom is 0.134 e. The number of nitrogens with zero attached hydrogens (tertiary/aromatic N) is 2. The maximum absolute atomic E-state index is 13.7. The number of rotatable bonds is 3. The molecule has 2 rings (SSSR count). The first-order valence-corrected chi connectivity index (χ1v) is 6.51. The number of likely N-dealkylation sites (tertiary alicyclic amines) is 1. The SMILES string of the molecule is CC(=O)C1CCCN(Cc2cc(C#N)ccc2F)C1. The van der Waals surface area contributed by atoms with Gasteiger partial charge in [0.1, 0.15) is 11.6 Å². The van der Waals surface area contributed by atoms with Crippen molar-refractivity contribution in [2.45, 2.75) is 26.3 Å². The molecular weight excluding hydrogens is 243 g/mol. The Labute approximate surface area is 112 Å². The number of halogens is 1. The molecular formula is C15H17FN2O. The van der Waals surface area contributed by atoms with Crippen LogP contribution < -0.4 is 0 Å². The van der Waals surface area contributed by atoms with Crippen molar-refractivity contribution >= 4 is 5.78 Å². The zero-order chi connectivity index (χ0) is 13.8. The van der Waals surface area contributed by atoms with Crippen molar-refractivity contribution in [2.75, 3.05) is 13.1 Å². The summed E-state index contributed by atoms with van der Waals surface area (Å²) >= 11 is 0. The molecule has 0 aliphatic carbocycles. The van der Waals surface area contributed by atoms with Crippen molar-refractivity contribution in [1.29, 1.82) is 5.26 Å². The number of Topliss-reactive ketones (excluding diaryl/α,β-unsaturated/α-hetero) is 1. The highest BCUT2D eigenvalue weighted by atomic mass is 19.1. The van der Waals surface area contributed by atoms with E-state index in [-0.39, 0.29) is 17.5 Å². The molecule has 19 heavy (non-hydrogen) atoms. The minimum absolute atomic E-state index is 0.0657. The second kappa shape index (κ2) is 5.94. The molecule has 0 spiro atoms. The molecule has 1 aliphatic heterocycles. The second-order valence-electron chi connectivity index (χ2n) is 5.10. The van der Waals surface area contributed by atoms with E-state index in [1.807, 2.05) is 6.07 Å². The van der Waals surface area contributed by atoms with E-state index in [4.69, 9.17) is 5.26 Å². The summed E-state index contributed by atoms with van der Waals surface area (Å²) in [6, 6.07) is 6.42. The Bertz CT molecular complexity index is 521. The molecule has 0 amide bonds. The summed E-state index contributed by atoms with van der Waals surface area (Å²) in [6.45, 7) is 3.64. The monoisotopic (exact) mass is 260 g/mol. The summed E-state index contributed by atoms with van der Waals surface area (Å²) in [5, 5.41) is 8.84. The van der Waals surface area contributed by atoms with E-state index in [0.29, 0.717) is 24.2 Å².